The fourth-order valence-electron chi connectivity index (χ4n) is 2.41. The molecule has 5 nitrogen and oxygen atoms in total. The third-order valence-electron chi connectivity index (χ3n) is 3.46. The van der Waals surface area contributed by atoms with Crippen molar-refractivity contribution in [3.63, 3.8) is 0 Å². The minimum absolute atomic E-state index is 0.110. The first-order valence-electron chi connectivity index (χ1n) is 6.79. The number of hydrogen-bond donors (Lipinski definition) is 0. The van der Waals surface area contributed by atoms with E-state index in [1.165, 1.54) is 12.1 Å². The van der Waals surface area contributed by atoms with Crippen LogP contribution in [0.5, 0.6) is 0 Å². The molecule has 2 aromatic heterocycles. The zero-order valence-corrected chi connectivity index (χ0v) is 11.8. The van der Waals surface area contributed by atoms with Crippen molar-refractivity contribution in [3.8, 4) is 5.82 Å². The molecule has 0 amide bonds. The predicted octanol–water partition coefficient (Wildman–Crippen LogP) is 3.52. The Bertz CT molecular complexity index is 1070. The highest BCUT2D eigenvalue weighted by molar-refractivity contribution is 5.88. The van der Waals surface area contributed by atoms with Gasteiger partial charge in [-0.3, -0.25) is 0 Å². The van der Waals surface area contributed by atoms with Crippen LogP contribution in [0.1, 0.15) is 5.82 Å². The Kier molecular flexibility index (Phi) is 2.99. The molecule has 2 heterocycles. The number of alkyl halides is 3. The zero-order chi connectivity index (χ0) is 16.9. The lowest BCUT2D eigenvalue weighted by Gasteiger charge is -2.11. The van der Waals surface area contributed by atoms with Crippen molar-refractivity contribution in [2.45, 2.75) is 6.18 Å². The summed E-state index contributed by atoms with van der Waals surface area (Å²) >= 11 is 0. The van der Waals surface area contributed by atoms with E-state index in [-0.39, 0.29) is 11.2 Å². The molecule has 9 heteroatoms. The second-order valence-electron chi connectivity index (χ2n) is 4.99. The van der Waals surface area contributed by atoms with Gasteiger partial charge in [-0.15, -0.1) is 5.10 Å². The number of halogens is 4. The molecule has 0 fully saturated rings. The maximum Gasteiger partial charge on any atom is 0.451 e. The standard InChI is InChI=1S/C15H7F4N5/c16-9-5-3-4-8-12(9)20-14(15(17,18)19)21-13(8)24-11-7-2-1-6-10(11)22-23-24/h1-7H. The summed E-state index contributed by atoms with van der Waals surface area (Å²) in [6.07, 6.45) is -4.82. The molecular weight excluding hydrogens is 326 g/mol. The second kappa shape index (κ2) is 4.95. The monoisotopic (exact) mass is 333 g/mol. The first kappa shape index (κ1) is 14.5. The number of hydrogen-bond acceptors (Lipinski definition) is 4. The van der Waals surface area contributed by atoms with Gasteiger partial charge in [0.1, 0.15) is 16.9 Å². The van der Waals surface area contributed by atoms with Gasteiger partial charge in [-0.2, -0.15) is 17.9 Å². The molecular formula is C15H7F4N5. The summed E-state index contributed by atoms with van der Waals surface area (Å²) in [7, 11) is 0. The first-order valence-corrected chi connectivity index (χ1v) is 6.79. The second-order valence-corrected chi connectivity index (χ2v) is 4.99. The maximum atomic E-state index is 14.0. The molecule has 0 aliphatic carbocycles. The summed E-state index contributed by atoms with van der Waals surface area (Å²) in [5.41, 5.74) is 0.513. The van der Waals surface area contributed by atoms with E-state index in [0.717, 1.165) is 10.7 Å². The molecule has 0 atom stereocenters. The van der Waals surface area contributed by atoms with Crippen LogP contribution in [0.4, 0.5) is 17.6 Å². The number of fused-ring (bicyclic) bond motifs is 2. The smallest absolute Gasteiger partial charge is 0.221 e. The molecule has 120 valence electrons. The lowest BCUT2D eigenvalue weighted by atomic mass is 10.2. The van der Waals surface area contributed by atoms with E-state index >= 15 is 0 Å². The minimum atomic E-state index is -4.82. The minimum Gasteiger partial charge on any atom is -0.221 e. The van der Waals surface area contributed by atoms with E-state index in [1.807, 2.05) is 0 Å². The van der Waals surface area contributed by atoms with Gasteiger partial charge in [0.2, 0.25) is 5.82 Å². The van der Waals surface area contributed by atoms with Gasteiger partial charge >= 0.3 is 6.18 Å². The van der Waals surface area contributed by atoms with Gasteiger partial charge in [0, 0.05) is 5.39 Å². The molecule has 0 bridgehead atoms. The molecule has 0 unspecified atom stereocenters. The molecule has 24 heavy (non-hydrogen) atoms. The molecule has 0 aliphatic heterocycles. The Balaban J connectivity index is 2.12. The Morgan fingerprint density at radius 3 is 2.50 bits per heavy atom. The van der Waals surface area contributed by atoms with E-state index in [1.54, 1.807) is 24.3 Å². The van der Waals surface area contributed by atoms with Crippen molar-refractivity contribution >= 4 is 21.9 Å². The van der Waals surface area contributed by atoms with E-state index in [4.69, 9.17) is 0 Å². The van der Waals surface area contributed by atoms with Crippen LogP contribution < -0.4 is 0 Å². The summed E-state index contributed by atoms with van der Waals surface area (Å²) in [6.45, 7) is 0. The van der Waals surface area contributed by atoms with Gasteiger partial charge < -0.3 is 0 Å². The van der Waals surface area contributed by atoms with Crippen molar-refractivity contribution in [2.24, 2.45) is 0 Å². The van der Waals surface area contributed by atoms with Crippen molar-refractivity contribution in [1.82, 2.24) is 25.0 Å². The molecule has 2 aromatic carbocycles. The summed E-state index contributed by atoms with van der Waals surface area (Å²) in [4.78, 5) is 6.89. The number of benzene rings is 2. The molecule has 0 spiro atoms. The van der Waals surface area contributed by atoms with Gasteiger partial charge in [0.05, 0.1) is 5.52 Å². The summed E-state index contributed by atoms with van der Waals surface area (Å²) in [5.74, 6) is -2.48. The van der Waals surface area contributed by atoms with Gasteiger partial charge in [-0.1, -0.05) is 23.4 Å². The Labute approximate surface area is 131 Å². The van der Waals surface area contributed by atoms with E-state index in [9.17, 15) is 17.6 Å². The Morgan fingerprint density at radius 2 is 1.71 bits per heavy atom. The summed E-state index contributed by atoms with van der Waals surface area (Å²) < 4.78 is 54.4. The maximum absolute atomic E-state index is 14.0. The number of para-hydroxylation sites is 2. The third-order valence-corrected chi connectivity index (χ3v) is 3.46. The Hall–Kier alpha value is -3.10. The van der Waals surface area contributed by atoms with Crippen LogP contribution in [0, 0.1) is 5.82 Å². The average Bonchev–Trinajstić information content (AvgIpc) is 2.97. The first-order chi connectivity index (χ1) is 11.4. The van der Waals surface area contributed by atoms with E-state index in [0.29, 0.717) is 11.0 Å². The highest BCUT2D eigenvalue weighted by Gasteiger charge is 2.36. The van der Waals surface area contributed by atoms with Crippen molar-refractivity contribution in [2.75, 3.05) is 0 Å². The topological polar surface area (TPSA) is 56.5 Å². The molecule has 0 saturated heterocycles. The van der Waals surface area contributed by atoms with Crippen molar-refractivity contribution in [1.29, 1.82) is 0 Å². The third kappa shape index (κ3) is 2.16. The predicted molar refractivity (Wildman–Crippen MR) is 76.9 cm³/mol. The molecule has 0 radical (unpaired) electrons. The van der Waals surface area contributed by atoms with Gasteiger partial charge in [0.25, 0.3) is 0 Å². The van der Waals surface area contributed by atoms with Gasteiger partial charge in [-0.25, -0.2) is 14.4 Å². The fraction of sp³-hybridized carbons (Fsp3) is 0.0667. The molecule has 4 rings (SSSR count). The van der Waals surface area contributed by atoms with Crippen molar-refractivity contribution < 1.29 is 17.6 Å². The number of rotatable bonds is 1. The lowest BCUT2D eigenvalue weighted by Crippen LogP contribution is -2.14. The van der Waals surface area contributed by atoms with Crippen LogP contribution >= 0.6 is 0 Å². The van der Waals surface area contributed by atoms with Gasteiger partial charge in [-0.05, 0) is 24.3 Å². The largest absolute Gasteiger partial charge is 0.451 e. The fourth-order valence-corrected chi connectivity index (χ4v) is 2.41. The van der Waals surface area contributed by atoms with Crippen LogP contribution in [-0.4, -0.2) is 25.0 Å². The van der Waals surface area contributed by atoms with E-state index in [2.05, 4.69) is 20.3 Å². The molecule has 4 aromatic rings. The SMILES string of the molecule is Fc1cccc2c(-n3nnc4ccccc43)nc(C(F)(F)F)nc12. The number of nitrogens with zero attached hydrogens (tertiary/aromatic N) is 5. The van der Waals surface area contributed by atoms with Crippen LogP contribution in [-0.2, 0) is 6.18 Å². The van der Waals surface area contributed by atoms with Crippen LogP contribution in [0.15, 0.2) is 42.5 Å². The van der Waals surface area contributed by atoms with Crippen molar-refractivity contribution in [3.05, 3.63) is 54.1 Å². The molecule has 0 aliphatic rings. The summed E-state index contributed by atoms with van der Waals surface area (Å²) in [6, 6.07) is 10.6. The highest BCUT2D eigenvalue weighted by atomic mass is 19.4. The normalized spacial score (nSPS) is 12.2. The van der Waals surface area contributed by atoms with E-state index < -0.39 is 23.3 Å². The molecule has 0 N–H and O–H groups in total. The number of aromatic nitrogens is 5. The van der Waals surface area contributed by atoms with Crippen LogP contribution in [0.3, 0.4) is 0 Å². The van der Waals surface area contributed by atoms with Crippen LogP contribution in [0.2, 0.25) is 0 Å². The Morgan fingerprint density at radius 1 is 0.917 bits per heavy atom. The van der Waals surface area contributed by atoms with Crippen LogP contribution in [0.25, 0.3) is 27.8 Å². The molecule has 0 saturated carbocycles. The quantitative estimate of drug-likeness (QED) is 0.500. The summed E-state index contributed by atoms with van der Waals surface area (Å²) in [5, 5.41) is 7.86. The van der Waals surface area contributed by atoms with Gasteiger partial charge in [0.15, 0.2) is 5.82 Å². The average molecular weight is 333 g/mol. The lowest BCUT2D eigenvalue weighted by molar-refractivity contribution is -0.144. The highest BCUT2D eigenvalue weighted by Crippen LogP contribution is 2.31. The zero-order valence-electron chi connectivity index (χ0n) is 11.8.